The molecular weight excluding hydrogens is 248 g/mol. The van der Waals surface area contributed by atoms with Gasteiger partial charge >= 0.3 is 5.69 Å². The number of hydrogen-bond donors (Lipinski definition) is 2. The fraction of sp³-hybridized carbons (Fsp3) is 0.583. The first-order valence-electron chi connectivity index (χ1n) is 6.33. The Morgan fingerprint density at radius 2 is 2.00 bits per heavy atom. The van der Waals surface area contributed by atoms with E-state index < -0.39 is 11.2 Å². The highest BCUT2D eigenvalue weighted by Crippen LogP contribution is 2.16. The predicted molar refractivity (Wildman–Crippen MR) is 74.3 cm³/mol. The van der Waals surface area contributed by atoms with E-state index in [0.29, 0.717) is 6.54 Å². The smallest absolute Gasteiger partial charge is 0.330 e. The molecule has 106 valence electrons. The maximum absolute atomic E-state index is 11.8. The van der Waals surface area contributed by atoms with Crippen molar-refractivity contribution in [3.8, 4) is 0 Å². The van der Waals surface area contributed by atoms with Crippen LogP contribution in [0.25, 0.3) is 0 Å². The van der Waals surface area contributed by atoms with E-state index in [1.54, 1.807) is 6.92 Å². The van der Waals surface area contributed by atoms with Crippen LogP contribution in [0, 0.1) is 0 Å². The Bertz CT molecular complexity index is 573. The highest BCUT2D eigenvalue weighted by molar-refractivity contribution is 5.94. The van der Waals surface area contributed by atoms with E-state index in [0.717, 1.165) is 12.8 Å². The van der Waals surface area contributed by atoms with Gasteiger partial charge in [-0.15, -0.1) is 0 Å². The molecule has 0 saturated carbocycles. The number of H-pyrrole nitrogens is 1. The van der Waals surface area contributed by atoms with Gasteiger partial charge in [-0.1, -0.05) is 20.3 Å². The van der Waals surface area contributed by atoms with Gasteiger partial charge in [0, 0.05) is 20.0 Å². The van der Waals surface area contributed by atoms with Gasteiger partial charge in [-0.25, -0.2) is 4.79 Å². The third-order valence-electron chi connectivity index (χ3n) is 2.96. The van der Waals surface area contributed by atoms with Crippen molar-refractivity contribution in [2.45, 2.75) is 39.7 Å². The van der Waals surface area contributed by atoms with Gasteiger partial charge in [-0.2, -0.15) is 0 Å². The maximum Gasteiger partial charge on any atom is 0.330 e. The number of nitrogens with two attached hydrogens (primary N) is 1. The van der Waals surface area contributed by atoms with Crippen LogP contribution in [0.2, 0.25) is 0 Å². The molecule has 0 bridgehead atoms. The molecule has 0 unspecified atom stereocenters. The molecule has 0 aromatic carbocycles. The molecule has 0 aliphatic carbocycles. The Labute approximate surface area is 111 Å². The van der Waals surface area contributed by atoms with Gasteiger partial charge in [-0.05, 0) is 6.42 Å². The molecule has 3 N–H and O–H groups in total. The highest BCUT2D eigenvalue weighted by atomic mass is 16.2. The molecule has 0 spiro atoms. The van der Waals surface area contributed by atoms with Gasteiger partial charge in [0.05, 0.1) is 0 Å². The average Bonchev–Trinajstić information content (AvgIpc) is 2.37. The molecule has 7 heteroatoms. The number of rotatable bonds is 5. The van der Waals surface area contributed by atoms with Crippen LogP contribution in [0.1, 0.15) is 33.1 Å². The van der Waals surface area contributed by atoms with Crippen LogP contribution in [0.4, 0.5) is 11.5 Å². The van der Waals surface area contributed by atoms with Crippen LogP contribution < -0.4 is 21.9 Å². The molecule has 0 atom stereocenters. The molecule has 0 fully saturated rings. The van der Waals surface area contributed by atoms with Crippen molar-refractivity contribution in [1.82, 2.24) is 9.55 Å². The van der Waals surface area contributed by atoms with Crippen LogP contribution in [-0.2, 0) is 11.3 Å². The monoisotopic (exact) mass is 268 g/mol. The lowest BCUT2D eigenvalue weighted by molar-refractivity contribution is -0.118. The number of nitrogens with zero attached hydrogens (tertiary/aromatic N) is 2. The first-order valence-corrected chi connectivity index (χ1v) is 6.33. The quantitative estimate of drug-likeness (QED) is 0.801. The molecule has 0 aliphatic rings. The summed E-state index contributed by atoms with van der Waals surface area (Å²) < 4.78 is 1.29. The summed E-state index contributed by atoms with van der Waals surface area (Å²) >= 11 is 0. The largest absolute Gasteiger partial charge is 0.383 e. The van der Waals surface area contributed by atoms with Crippen LogP contribution >= 0.6 is 0 Å². The Balaban J connectivity index is 3.36. The number of hydrogen-bond acceptors (Lipinski definition) is 4. The summed E-state index contributed by atoms with van der Waals surface area (Å²) in [5, 5.41) is 0. The van der Waals surface area contributed by atoms with Crippen molar-refractivity contribution in [2.75, 3.05) is 17.7 Å². The van der Waals surface area contributed by atoms with Gasteiger partial charge in [0.25, 0.3) is 5.56 Å². The van der Waals surface area contributed by atoms with Crippen LogP contribution in [0.5, 0.6) is 0 Å². The van der Waals surface area contributed by atoms with E-state index in [9.17, 15) is 14.4 Å². The first kappa shape index (κ1) is 15.0. The lowest BCUT2D eigenvalue weighted by Crippen LogP contribution is -2.39. The fourth-order valence-electron chi connectivity index (χ4n) is 1.80. The SMILES string of the molecule is CCCCn1c(N)c(N(C)C(=O)CC)c(=O)[nH]c1=O. The number of nitrogen functional groups attached to an aromatic ring is 1. The van der Waals surface area contributed by atoms with Crippen molar-refractivity contribution >= 4 is 17.4 Å². The maximum atomic E-state index is 11.8. The number of nitrogens with one attached hydrogen (secondary N) is 1. The molecule has 0 saturated heterocycles. The number of aromatic nitrogens is 2. The van der Waals surface area contributed by atoms with E-state index in [4.69, 9.17) is 5.73 Å². The van der Waals surface area contributed by atoms with Gasteiger partial charge in [0.2, 0.25) is 5.91 Å². The fourth-order valence-corrected chi connectivity index (χ4v) is 1.80. The van der Waals surface area contributed by atoms with Crippen LogP contribution in [-0.4, -0.2) is 22.5 Å². The molecule has 19 heavy (non-hydrogen) atoms. The topological polar surface area (TPSA) is 101 Å². The van der Waals surface area contributed by atoms with Crippen molar-refractivity contribution in [1.29, 1.82) is 0 Å². The van der Waals surface area contributed by atoms with Crippen LogP contribution in [0.3, 0.4) is 0 Å². The van der Waals surface area contributed by atoms with Crippen molar-refractivity contribution < 1.29 is 4.79 Å². The third kappa shape index (κ3) is 3.04. The normalized spacial score (nSPS) is 10.5. The zero-order chi connectivity index (χ0) is 14.6. The zero-order valence-corrected chi connectivity index (χ0v) is 11.5. The lowest BCUT2D eigenvalue weighted by atomic mass is 10.3. The minimum Gasteiger partial charge on any atom is -0.383 e. The van der Waals surface area contributed by atoms with Gasteiger partial charge < -0.3 is 10.6 Å². The predicted octanol–water partition coefficient (Wildman–Crippen LogP) is 0.292. The highest BCUT2D eigenvalue weighted by Gasteiger charge is 2.19. The Kier molecular flexibility index (Phi) is 4.91. The number of aromatic amines is 1. The Morgan fingerprint density at radius 1 is 1.37 bits per heavy atom. The molecule has 0 aliphatic heterocycles. The molecule has 1 amide bonds. The number of amides is 1. The van der Waals surface area contributed by atoms with Gasteiger partial charge in [0.1, 0.15) is 5.82 Å². The van der Waals surface area contributed by atoms with E-state index in [1.165, 1.54) is 16.5 Å². The third-order valence-corrected chi connectivity index (χ3v) is 2.96. The van der Waals surface area contributed by atoms with E-state index >= 15 is 0 Å². The number of carbonyl (C=O) groups excluding carboxylic acids is 1. The summed E-state index contributed by atoms with van der Waals surface area (Å²) in [5.41, 5.74) is 4.71. The van der Waals surface area contributed by atoms with Crippen LogP contribution in [0.15, 0.2) is 9.59 Å². The van der Waals surface area contributed by atoms with E-state index in [2.05, 4.69) is 4.98 Å². The summed E-state index contributed by atoms with van der Waals surface area (Å²) in [7, 11) is 1.47. The molecule has 0 radical (unpaired) electrons. The van der Waals surface area contributed by atoms with E-state index in [1.807, 2.05) is 6.92 Å². The summed E-state index contributed by atoms with van der Waals surface area (Å²) in [6.45, 7) is 4.09. The molecular formula is C12H20N4O3. The van der Waals surface area contributed by atoms with Crippen molar-refractivity contribution in [3.05, 3.63) is 20.8 Å². The van der Waals surface area contributed by atoms with Gasteiger partial charge in [-0.3, -0.25) is 19.1 Å². The molecule has 1 rings (SSSR count). The number of carbonyl (C=O) groups is 1. The standard InChI is InChI=1S/C12H20N4O3/c1-4-6-7-16-10(13)9(11(18)14-12(16)19)15(3)8(17)5-2/h4-7,13H2,1-3H3,(H,14,18,19). The van der Waals surface area contributed by atoms with Crippen molar-refractivity contribution in [3.63, 3.8) is 0 Å². The minimum atomic E-state index is -0.639. The second kappa shape index (κ2) is 6.21. The lowest BCUT2D eigenvalue weighted by Gasteiger charge is -2.19. The summed E-state index contributed by atoms with van der Waals surface area (Å²) in [4.78, 5) is 38.6. The van der Waals surface area contributed by atoms with E-state index in [-0.39, 0.29) is 23.8 Å². The second-order valence-electron chi connectivity index (χ2n) is 4.30. The van der Waals surface area contributed by atoms with Crippen molar-refractivity contribution in [2.24, 2.45) is 0 Å². The Hall–Kier alpha value is -2.05. The molecule has 1 heterocycles. The first-order chi connectivity index (χ1) is 8.93. The van der Waals surface area contributed by atoms with Gasteiger partial charge in [0.15, 0.2) is 5.69 Å². The zero-order valence-electron chi connectivity index (χ0n) is 11.5. The summed E-state index contributed by atoms with van der Waals surface area (Å²) in [6.07, 6.45) is 1.91. The number of unbranched alkanes of at least 4 members (excludes halogenated alkanes) is 1. The number of anilines is 2. The second-order valence-corrected chi connectivity index (χ2v) is 4.30. The molecule has 1 aromatic heterocycles. The summed E-state index contributed by atoms with van der Waals surface area (Å²) in [6, 6.07) is 0. The summed E-state index contributed by atoms with van der Waals surface area (Å²) in [5.74, 6) is -0.204. The Morgan fingerprint density at radius 3 is 2.53 bits per heavy atom. The minimum absolute atomic E-state index is 0.0301. The molecule has 1 aromatic rings. The average molecular weight is 268 g/mol. The molecule has 7 nitrogen and oxygen atoms in total.